The van der Waals surface area contributed by atoms with Crippen molar-refractivity contribution in [2.45, 2.75) is 71.7 Å². The lowest BCUT2D eigenvalue weighted by atomic mass is 10.0. The summed E-state index contributed by atoms with van der Waals surface area (Å²) in [5.41, 5.74) is 3.94. The third-order valence-corrected chi connectivity index (χ3v) is 7.90. The zero-order valence-corrected chi connectivity index (χ0v) is 22.8. The van der Waals surface area contributed by atoms with Crippen molar-refractivity contribution in [3.05, 3.63) is 59.5 Å². The number of ether oxygens (including phenoxy) is 1. The number of carbonyl (C=O) groups excluding carboxylic acids is 2. The maximum absolute atomic E-state index is 13.3. The van der Waals surface area contributed by atoms with E-state index < -0.39 is 11.3 Å². The molecule has 0 aromatic carbocycles. The van der Waals surface area contributed by atoms with Crippen LogP contribution in [0.25, 0.3) is 11.2 Å². The number of hydrogen-bond donors (Lipinski definition) is 2. The van der Waals surface area contributed by atoms with Crippen molar-refractivity contribution >= 4 is 23.2 Å². The molecule has 200 valence electrons. The van der Waals surface area contributed by atoms with Crippen LogP contribution in [0.2, 0.25) is 0 Å². The molecule has 2 N–H and O–H groups in total. The molecule has 3 unspecified atom stereocenters. The Hall–Kier alpha value is -3.82. The van der Waals surface area contributed by atoms with Crippen LogP contribution in [0.4, 0.5) is 4.79 Å². The summed E-state index contributed by atoms with van der Waals surface area (Å²) < 4.78 is 7.25. The molecule has 0 radical (unpaired) electrons. The molecule has 5 heterocycles. The summed E-state index contributed by atoms with van der Waals surface area (Å²) in [6, 6.07) is 2.08. The Morgan fingerprint density at radius 2 is 2.08 bits per heavy atom. The van der Waals surface area contributed by atoms with Crippen LogP contribution >= 0.6 is 0 Å². The number of rotatable bonds is 3. The number of carbonyl (C=O) groups is 2. The number of allylic oxidation sites excluding steroid dienone is 1. The van der Waals surface area contributed by atoms with Gasteiger partial charge in [-0.15, -0.1) is 0 Å². The zero-order valence-electron chi connectivity index (χ0n) is 22.8. The molecule has 4 aliphatic rings. The van der Waals surface area contributed by atoms with Gasteiger partial charge in [0.15, 0.2) is 0 Å². The highest BCUT2D eigenvalue weighted by atomic mass is 16.6. The third-order valence-electron chi connectivity index (χ3n) is 7.90. The van der Waals surface area contributed by atoms with E-state index in [1.807, 2.05) is 70.6 Å². The van der Waals surface area contributed by atoms with E-state index in [0.717, 1.165) is 48.5 Å². The summed E-state index contributed by atoms with van der Waals surface area (Å²) in [6.45, 7) is 13.2. The predicted octanol–water partition coefficient (Wildman–Crippen LogP) is 3.24. The van der Waals surface area contributed by atoms with Gasteiger partial charge in [0.25, 0.3) is 5.91 Å². The fraction of sp³-hybridized carbons (Fsp3) is 0.500. The SMILES string of the molecule is Cc1cn2nc(C3=CC(=O)N4C=C(N5CCC6(CC6NC(=O)OC(C)(C)C)C5)C=CC4(C)N3)cc2c(C)n1. The largest absolute Gasteiger partial charge is 0.444 e. The molecule has 2 fully saturated rings. The summed E-state index contributed by atoms with van der Waals surface area (Å²) in [5.74, 6) is -0.101. The lowest BCUT2D eigenvalue weighted by Crippen LogP contribution is -2.58. The van der Waals surface area contributed by atoms with Crippen molar-refractivity contribution in [1.82, 2.24) is 35.0 Å². The molecule has 3 atom stereocenters. The van der Waals surface area contributed by atoms with Crippen LogP contribution in [0, 0.1) is 19.3 Å². The first kappa shape index (κ1) is 24.5. The van der Waals surface area contributed by atoms with Gasteiger partial charge in [0, 0.05) is 36.8 Å². The number of likely N-dealkylation sites (tertiary alicyclic amines) is 1. The first-order valence-corrected chi connectivity index (χ1v) is 13.2. The molecule has 10 heteroatoms. The Labute approximate surface area is 222 Å². The molecule has 10 nitrogen and oxygen atoms in total. The number of nitrogens with zero attached hydrogens (tertiary/aromatic N) is 5. The first-order valence-electron chi connectivity index (χ1n) is 13.2. The van der Waals surface area contributed by atoms with Crippen LogP contribution in [-0.2, 0) is 9.53 Å². The molecule has 2 aromatic heterocycles. The van der Waals surface area contributed by atoms with Gasteiger partial charge in [0.05, 0.1) is 34.5 Å². The van der Waals surface area contributed by atoms with Crippen LogP contribution in [-0.4, -0.2) is 66.8 Å². The van der Waals surface area contributed by atoms with Gasteiger partial charge in [-0.25, -0.2) is 9.31 Å². The molecular formula is C28H35N7O3. The molecule has 38 heavy (non-hydrogen) atoms. The second-order valence-electron chi connectivity index (χ2n) is 12.2. The Balaban J connectivity index is 1.17. The second kappa shape index (κ2) is 8.09. The molecule has 0 bridgehead atoms. The van der Waals surface area contributed by atoms with E-state index in [-0.39, 0.29) is 23.5 Å². The molecule has 2 amide bonds. The predicted molar refractivity (Wildman–Crippen MR) is 142 cm³/mol. The summed E-state index contributed by atoms with van der Waals surface area (Å²) in [6.07, 6.45) is 11.1. The number of nitrogens with one attached hydrogen (secondary N) is 2. The van der Waals surface area contributed by atoms with Gasteiger partial charge in [-0.3, -0.25) is 14.7 Å². The van der Waals surface area contributed by atoms with Crippen LogP contribution in [0.5, 0.6) is 0 Å². The summed E-state index contributed by atoms with van der Waals surface area (Å²) in [7, 11) is 0. The lowest BCUT2D eigenvalue weighted by Gasteiger charge is -2.44. The minimum absolute atomic E-state index is 0.0675. The molecule has 1 aliphatic carbocycles. The molecular weight excluding hydrogens is 482 g/mol. The highest BCUT2D eigenvalue weighted by Gasteiger charge is 2.58. The van der Waals surface area contributed by atoms with E-state index in [2.05, 4.69) is 26.6 Å². The van der Waals surface area contributed by atoms with Crippen molar-refractivity contribution in [2.75, 3.05) is 13.1 Å². The first-order chi connectivity index (χ1) is 17.8. The molecule has 1 saturated carbocycles. The van der Waals surface area contributed by atoms with Gasteiger partial charge in [0.1, 0.15) is 17.0 Å². The number of hydrogen-bond acceptors (Lipinski definition) is 7. The van der Waals surface area contributed by atoms with E-state index in [0.29, 0.717) is 11.4 Å². The second-order valence-corrected chi connectivity index (χ2v) is 12.2. The number of amides is 2. The van der Waals surface area contributed by atoms with Gasteiger partial charge in [-0.1, -0.05) is 0 Å². The van der Waals surface area contributed by atoms with Gasteiger partial charge >= 0.3 is 6.09 Å². The van der Waals surface area contributed by atoms with Gasteiger partial charge in [-0.2, -0.15) is 5.10 Å². The van der Waals surface area contributed by atoms with E-state index >= 15 is 0 Å². The highest BCUT2D eigenvalue weighted by molar-refractivity contribution is 5.98. The Morgan fingerprint density at radius 3 is 2.84 bits per heavy atom. The van der Waals surface area contributed by atoms with Crippen LogP contribution in [0.1, 0.15) is 57.6 Å². The van der Waals surface area contributed by atoms with Gasteiger partial charge in [-0.05, 0) is 72.6 Å². The lowest BCUT2D eigenvalue weighted by molar-refractivity contribution is -0.128. The fourth-order valence-electron chi connectivity index (χ4n) is 5.85. The minimum Gasteiger partial charge on any atom is -0.444 e. The standard InChI is InChI=1S/C28H35N7O3/c1-17-14-35-22(18(2)29-17)11-21(32-35)20-12-24(36)34-15-19(7-8-27(34,6)31-20)33-10-9-28(16-33)13-23(28)30-25(37)38-26(3,4)5/h7-8,11-12,14-15,23,31H,9-10,13,16H2,1-6H3,(H,30,37). The van der Waals surface area contributed by atoms with Crippen molar-refractivity contribution < 1.29 is 14.3 Å². The quantitative estimate of drug-likeness (QED) is 0.644. The summed E-state index contributed by atoms with van der Waals surface area (Å²) in [5, 5.41) is 11.3. The average molecular weight is 518 g/mol. The molecule has 6 rings (SSSR count). The number of alkyl carbamates (subject to hydrolysis) is 1. The van der Waals surface area contributed by atoms with Crippen molar-refractivity contribution in [2.24, 2.45) is 5.41 Å². The minimum atomic E-state index is -0.707. The zero-order chi connectivity index (χ0) is 27.0. The van der Waals surface area contributed by atoms with Crippen LogP contribution in [0.3, 0.4) is 0 Å². The van der Waals surface area contributed by atoms with Gasteiger partial charge < -0.3 is 20.3 Å². The summed E-state index contributed by atoms with van der Waals surface area (Å²) >= 11 is 0. The normalized spacial score (nSPS) is 28.3. The molecule has 1 saturated heterocycles. The van der Waals surface area contributed by atoms with E-state index in [1.54, 1.807) is 11.0 Å². The van der Waals surface area contributed by atoms with Crippen LogP contribution < -0.4 is 10.6 Å². The van der Waals surface area contributed by atoms with E-state index in [1.165, 1.54) is 0 Å². The van der Waals surface area contributed by atoms with E-state index in [4.69, 9.17) is 9.84 Å². The number of fused-ring (bicyclic) bond motifs is 2. The van der Waals surface area contributed by atoms with Crippen molar-refractivity contribution in [3.8, 4) is 0 Å². The third kappa shape index (κ3) is 4.21. The van der Waals surface area contributed by atoms with Gasteiger partial charge in [0.2, 0.25) is 0 Å². The monoisotopic (exact) mass is 517 g/mol. The van der Waals surface area contributed by atoms with Crippen molar-refractivity contribution in [1.29, 1.82) is 0 Å². The Bertz CT molecular complexity index is 1450. The summed E-state index contributed by atoms with van der Waals surface area (Å²) in [4.78, 5) is 34.2. The smallest absolute Gasteiger partial charge is 0.407 e. The molecule has 3 aliphatic heterocycles. The maximum atomic E-state index is 13.3. The number of aryl methyl sites for hydroxylation is 2. The van der Waals surface area contributed by atoms with Crippen molar-refractivity contribution in [3.63, 3.8) is 0 Å². The average Bonchev–Trinajstić information content (AvgIpc) is 3.13. The highest BCUT2D eigenvalue weighted by Crippen LogP contribution is 2.54. The van der Waals surface area contributed by atoms with Crippen LogP contribution in [0.15, 0.2) is 42.4 Å². The molecule has 1 spiro atoms. The maximum Gasteiger partial charge on any atom is 0.407 e. The topological polar surface area (TPSA) is 104 Å². The Morgan fingerprint density at radius 1 is 1.29 bits per heavy atom. The van der Waals surface area contributed by atoms with E-state index in [9.17, 15) is 9.59 Å². The Kier molecular flexibility index (Phi) is 5.22. The number of aromatic nitrogens is 3. The fourth-order valence-corrected chi connectivity index (χ4v) is 5.85. The molecule has 2 aromatic rings.